The van der Waals surface area contributed by atoms with Crippen molar-refractivity contribution in [2.75, 3.05) is 0 Å². The number of hydrogen-bond acceptors (Lipinski definition) is 1. The number of aryl methyl sites for hydroxylation is 2. The number of rotatable bonds is 2. The molecular formula is C15H13FO. The van der Waals surface area contributed by atoms with Gasteiger partial charge in [0.2, 0.25) is 0 Å². The fourth-order valence-corrected chi connectivity index (χ4v) is 2.15. The average Bonchev–Trinajstić information content (AvgIpc) is 2.30. The van der Waals surface area contributed by atoms with Crippen LogP contribution < -0.4 is 0 Å². The molecule has 0 saturated carbocycles. The third-order valence-corrected chi connectivity index (χ3v) is 2.83. The Balaban J connectivity index is 2.68. The summed E-state index contributed by atoms with van der Waals surface area (Å²) in [6.45, 7) is 3.78. The predicted molar refractivity (Wildman–Crippen MR) is 66.7 cm³/mol. The molecular weight excluding hydrogens is 215 g/mol. The van der Waals surface area contributed by atoms with E-state index in [0.29, 0.717) is 11.1 Å². The maximum atomic E-state index is 13.7. The molecule has 0 saturated heterocycles. The molecule has 2 aromatic rings. The van der Waals surface area contributed by atoms with E-state index in [1.807, 2.05) is 19.9 Å². The zero-order chi connectivity index (χ0) is 12.4. The van der Waals surface area contributed by atoms with Crippen LogP contribution in [0.3, 0.4) is 0 Å². The minimum absolute atomic E-state index is 0.238. The summed E-state index contributed by atoms with van der Waals surface area (Å²) in [6, 6.07) is 10.2. The van der Waals surface area contributed by atoms with Gasteiger partial charge in [0.15, 0.2) is 0 Å². The highest BCUT2D eigenvalue weighted by molar-refractivity contribution is 5.80. The number of carbonyl (C=O) groups is 1. The third-order valence-electron chi connectivity index (χ3n) is 2.83. The molecule has 0 spiro atoms. The van der Waals surface area contributed by atoms with Crippen molar-refractivity contribution in [2.24, 2.45) is 0 Å². The van der Waals surface area contributed by atoms with Crippen LogP contribution in [0.15, 0.2) is 36.4 Å². The molecule has 0 amide bonds. The summed E-state index contributed by atoms with van der Waals surface area (Å²) in [7, 11) is 0. The normalized spacial score (nSPS) is 10.3. The Labute approximate surface area is 99.9 Å². The molecule has 0 bridgehead atoms. The Kier molecular flexibility index (Phi) is 3.05. The molecule has 2 aromatic carbocycles. The van der Waals surface area contributed by atoms with Gasteiger partial charge in [0.1, 0.15) is 12.1 Å². The molecule has 17 heavy (non-hydrogen) atoms. The lowest BCUT2D eigenvalue weighted by Gasteiger charge is -2.11. The summed E-state index contributed by atoms with van der Waals surface area (Å²) >= 11 is 0. The van der Waals surface area contributed by atoms with E-state index in [1.165, 1.54) is 6.07 Å². The van der Waals surface area contributed by atoms with Crippen LogP contribution in [0.25, 0.3) is 11.1 Å². The maximum absolute atomic E-state index is 13.7. The van der Waals surface area contributed by atoms with Crippen LogP contribution in [0, 0.1) is 19.7 Å². The lowest BCUT2D eigenvalue weighted by molar-refractivity contribution is 0.112. The number of benzene rings is 2. The molecule has 0 radical (unpaired) electrons. The average molecular weight is 228 g/mol. The molecule has 0 heterocycles. The molecule has 0 N–H and O–H groups in total. The summed E-state index contributed by atoms with van der Waals surface area (Å²) in [6.07, 6.45) is 0.811. The van der Waals surface area contributed by atoms with E-state index in [-0.39, 0.29) is 5.82 Å². The van der Waals surface area contributed by atoms with Crippen molar-refractivity contribution in [3.63, 3.8) is 0 Å². The minimum atomic E-state index is -0.238. The van der Waals surface area contributed by atoms with Gasteiger partial charge in [0.25, 0.3) is 0 Å². The van der Waals surface area contributed by atoms with Crippen molar-refractivity contribution in [3.05, 3.63) is 58.9 Å². The zero-order valence-electron chi connectivity index (χ0n) is 9.83. The van der Waals surface area contributed by atoms with Crippen molar-refractivity contribution in [2.45, 2.75) is 13.8 Å². The Morgan fingerprint density at radius 1 is 1.06 bits per heavy atom. The SMILES string of the molecule is Cc1cc(C=O)cc(C)c1-c1ccccc1F. The highest BCUT2D eigenvalue weighted by Crippen LogP contribution is 2.29. The number of aldehydes is 1. The van der Waals surface area contributed by atoms with E-state index in [4.69, 9.17) is 0 Å². The number of halogens is 1. The second-order valence-corrected chi connectivity index (χ2v) is 4.13. The summed E-state index contributed by atoms with van der Waals surface area (Å²) in [4.78, 5) is 10.8. The first-order valence-corrected chi connectivity index (χ1v) is 5.45. The van der Waals surface area contributed by atoms with Gasteiger partial charge in [-0.1, -0.05) is 18.2 Å². The van der Waals surface area contributed by atoms with Crippen LogP contribution in [-0.4, -0.2) is 6.29 Å². The van der Waals surface area contributed by atoms with Crippen molar-refractivity contribution in [3.8, 4) is 11.1 Å². The molecule has 0 aromatic heterocycles. The Hall–Kier alpha value is -1.96. The van der Waals surface area contributed by atoms with Gasteiger partial charge in [-0.25, -0.2) is 4.39 Å². The standard InChI is InChI=1S/C15H13FO/c1-10-7-12(9-17)8-11(2)15(10)13-5-3-4-6-14(13)16/h3-9H,1-2H3. The van der Waals surface area contributed by atoms with Crippen molar-refractivity contribution >= 4 is 6.29 Å². The smallest absolute Gasteiger partial charge is 0.150 e. The van der Waals surface area contributed by atoms with Crippen LogP contribution in [0.1, 0.15) is 21.5 Å². The minimum Gasteiger partial charge on any atom is -0.298 e. The Bertz CT molecular complexity index is 550. The summed E-state index contributed by atoms with van der Waals surface area (Å²) in [5, 5.41) is 0. The van der Waals surface area contributed by atoms with E-state index < -0.39 is 0 Å². The van der Waals surface area contributed by atoms with Crippen LogP contribution in [0.2, 0.25) is 0 Å². The molecule has 0 atom stereocenters. The lowest BCUT2D eigenvalue weighted by atomic mass is 9.93. The number of hydrogen-bond donors (Lipinski definition) is 0. The predicted octanol–water partition coefficient (Wildman–Crippen LogP) is 3.92. The van der Waals surface area contributed by atoms with Crippen LogP contribution >= 0.6 is 0 Å². The van der Waals surface area contributed by atoms with Gasteiger partial charge in [-0.2, -0.15) is 0 Å². The van der Waals surface area contributed by atoms with Gasteiger partial charge in [0.05, 0.1) is 0 Å². The highest BCUT2D eigenvalue weighted by Gasteiger charge is 2.10. The van der Waals surface area contributed by atoms with Crippen LogP contribution in [0.4, 0.5) is 4.39 Å². The first-order valence-electron chi connectivity index (χ1n) is 5.45. The highest BCUT2D eigenvalue weighted by atomic mass is 19.1. The van der Waals surface area contributed by atoms with Crippen molar-refractivity contribution in [1.29, 1.82) is 0 Å². The topological polar surface area (TPSA) is 17.1 Å². The summed E-state index contributed by atoms with van der Waals surface area (Å²) < 4.78 is 13.7. The van der Waals surface area contributed by atoms with Crippen molar-refractivity contribution in [1.82, 2.24) is 0 Å². The van der Waals surface area contributed by atoms with Gasteiger partial charge in [-0.3, -0.25) is 4.79 Å². The molecule has 0 aliphatic heterocycles. The van der Waals surface area contributed by atoms with E-state index >= 15 is 0 Å². The largest absolute Gasteiger partial charge is 0.298 e. The van der Waals surface area contributed by atoms with E-state index in [1.54, 1.807) is 24.3 Å². The number of carbonyl (C=O) groups excluding carboxylic acids is 1. The van der Waals surface area contributed by atoms with Gasteiger partial charge >= 0.3 is 0 Å². The zero-order valence-corrected chi connectivity index (χ0v) is 9.83. The monoisotopic (exact) mass is 228 g/mol. The quantitative estimate of drug-likeness (QED) is 0.712. The molecule has 1 nitrogen and oxygen atoms in total. The third kappa shape index (κ3) is 2.11. The van der Waals surface area contributed by atoms with Gasteiger partial charge in [-0.05, 0) is 48.7 Å². The first-order chi connectivity index (χ1) is 8.13. The Morgan fingerprint density at radius 2 is 1.65 bits per heavy atom. The maximum Gasteiger partial charge on any atom is 0.150 e. The van der Waals surface area contributed by atoms with Gasteiger partial charge in [-0.15, -0.1) is 0 Å². The molecule has 2 heteroatoms. The molecule has 0 unspecified atom stereocenters. The molecule has 2 rings (SSSR count). The van der Waals surface area contributed by atoms with Crippen LogP contribution in [0.5, 0.6) is 0 Å². The fourth-order valence-electron chi connectivity index (χ4n) is 2.15. The summed E-state index contributed by atoms with van der Waals surface area (Å²) in [5.74, 6) is -0.238. The molecule has 0 aliphatic rings. The Morgan fingerprint density at radius 3 is 2.18 bits per heavy atom. The molecule has 86 valence electrons. The fraction of sp³-hybridized carbons (Fsp3) is 0.133. The van der Waals surface area contributed by atoms with E-state index in [9.17, 15) is 9.18 Å². The van der Waals surface area contributed by atoms with E-state index in [2.05, 4.69) is 0 Å². The van der Waals surface area contributed by atoms with Crippen LogP contribution in [-0.2, 0) is 0 Å². The van der Waals surface area contributed by atoms with Crippen molar-refractivity contribution < 1.29 is 9.18 Å². The lowest BCUT2D eigenvalue weighted by Crippen LogP contribution is -1.94. The second kappa shape index (κ2) is 4.50. The molecule has 0 aliphatic carbocycles. The second-order valence-electron chi connectivity index (χ2n) is 4.13. The van der Waals surface area contributed by atoms with E-state index in [0.717, 1.165) is 23.0 Å². The van der Waals surface area contributed by atoms with Gasteiger partial charge in [0, 0.05) is 11.1 Å². The van der Waals surface area contributed by atoms with Gasteiger partial charge < -0.3 is 0 Å². The summed E-state index contributed by atoms with van der Waals surface area (Å²) in [5.41, 5.74) is 3.91. The first kappa shape index (κ1) is 11.5. The molecule has 0 fully saturated rings.